The number of carbonyl (C=O) groups is 1. The minimum absolute atomic E-state index is 0.337. The van der Waals surface area contributed by atoms with E-state index < -0.39 is 0 Å². The summed E-state index contributed by atoms with van der Waals surface area (Å²) in [5.74, 6) is 1.02. The summed E-state index contributed by atoms with van der Waals surface area (Å²) in [6.45, 7) is 3.83. The molecule has 122 valence electrons. The fourth-order valence-corrected chi connectivity index (χ4v) is 3.10. The maximum absolute atomic E-state index is 11.9. The normalized spacial score (nSPS) is 11.4. The van der Waals surface area contributed by atoms with Crippen molar-refractivity contribution >= 4 is 38.7 Å². The molecule has 0 aliphatic rings. The lowest BCUT2D eigenvalue weighted by Crippen LogP contribution is -2.05. The van der Waals surface area contributed by atoms with Crippen LogP contribution in [0.5, 0.6) is 11.5 Å². The average Bonchev–Trinajstić information content (AvgIpc) is 2.56. The standard InChI is InChI=1S/C18H19BrO4/c1-5-23-18(20)11(2)10-14-15(19)17(22-4)13-9-7-6-8-12(13)16(14)21-3/h6-10H,5H2,1-4H3. The van der Waals surface area contributed by atoms with E-state index in [9.17, 15) is 4.79 Å². The number of esters is 1. The van der Waals surface area contributed by atoms with E-state index >= 15 is 0 Å². The Morgan fingerprint density at radius 2 is 1.70 bits per heavy atom. The molecule has 0 aliphatic carbocycles. The smallest absolute Gasteiger partial charge is 0.333 e. The number of carbonyl (C=O) groups excluding carboxylic acids is 1. The zero-order valence-electron chi connectivity index (χ0n) is 13.6. The number of rotatable bonds is 5. The van der Waals surface area contributed by atoms with Gasteiger partial charge in [0.15, 0.2) is 0 Å². The van der Waals surface area contributed by atoms with Crippen molar-refractivity contribution in [1.82, 2.24) is 0 Å². The minimum atomic E-state index is -0.353. The molecule has 5 heteroatoms. The molecule has 0 radical (unpaired) electrons. The number of methoxy groups -OCH3 is 2. The van der Waals surface area contributed by atoms with Gasteiger partial charge in [0.1, 0.15) is 11.5 Å². The van der Waals surface area contributed by atoms with Crippen LogP contribution < -0.4 is 9.47 Å². The molecule has 0 atom stereocenters. The third-order valence-electron chi connectivity index (χ3n) is 3.46. The van der Waals surface area contributed by atoms with E-state index in [1.807, 2.05) is 24.3 Å². The second kappa shape index (κ2) is 7.51. The Hall–Kier alpha value is -2.01. The van der Waals surface area contributed by atoms with Crippen molar-refractivity contribution in [2.75, 3.05) is 20.8 Å². The highest BCUT2D eigenvalue weighted by atomic mass is 79.9. The van der Waals surface area contributed by atoms with Crippen LogP contribution in [0.3, 0.4) is 0 Å². The van der Waals surface area contributed by atoms with Gasteiger partial charge in [-0.25, -0.2) is 4.79 Å². The molecule has 0 saturated carbocycles. The average molecular weight is 379 g/mol. The third-order valence-corrected chi connectivity index (χ3v) is 4.25. The van der Waals surface area contributed by atoms with Gasteiger partial charge in [0.2, 0.25) is 0 Å². The van der Waals surface area contributed by atoms with E-state index in [0.717, 1.165) is 20.8 Å². The lowest BCUT2D eigenvalue weighted by atomic mass is 10.0. The van der Waals surface area contributed by atoms with Gasteiger partial charge in [0.05, 0.1) is 25.3 Å². The highest BCUT2D eigenvalue weighted by Crippen LogP contribution is 2.44. The van der Waals surface area contributed by atoms with Gasteiger partial charge in [-0.05, 0) is 35.9 Å². The molecule has 23 heavy (non-hydrogen) atoms. The van der Waals surface area contributed by atoms with Crippen molar-refractivity contribution in [3.05, 3.63) is 39.9 Å². The van der Waals surface area contributed by atoms with Gasteiger partial charge < -0.3 is 14.2 Å². The van der Waals surface area contributed by atoms with Gasteiger partial charge in [0.25, 0.3) is 0 Å². The second-order valence-corrected chi connectivity index (χ2v) is 5.68. The van der Waals surface area contributed by atoms with Crippen LogP contribution in [0.2, 0.25) is 0 Å². The first-order valence-electron chi connectivity index (χ1n) is 7.22. The number of ether oxygens (including phenoxy) is 3. The van der Waals surface area contributed by atoms with Crippen molar-refractivity contribution in [1.29, 1.82) is 0 Å². The molecule has 0 unspecified atom stereocenters. The molecule has 0 N–H and O–H groups in total. The van der Waals surface area contributed by atoms with Crippen molar-refractivity contribution in [3.63, 3.8) is 0 Å². The lowest BCUT2D eigenvalue weighted by Gasteiger charge is -2.16. The fraction of sp³-hybridized carbons (Fsp3) is 0.278. The summed E-state index contributed by atoms with van der Waals surface area (Å²) < 4.78 is 16.9. The van der Waals surface area contributed by atoms with Crippen LogP contribution >= 0.6 is 15.9 Å². The van der Waals surface area contributed by atoms with Gasteiger partial charge in [-0.2, -0.15) is 0 Å². The Labute approximate surface area is 144 Å². The molecule has 0 heterocycles. The number of benzene rings is 2. The molecule has 0 bridgehead atoms. The van der Waals surface area contributed by atoms with Crippen LogP contribution in [0.4, 0.5) is 0 Å². The van der Waals surface area contributed by atoms with E-state index in [-0.39, 0.29) is 5.97 Å². The van der Waals surface area contributed by atoms with Crippen molar-refractivity contribution in [2.24, 2.45) is 0 Å². The Balaban J connectivity index is 2.75. The Kier molecular flexibility index (Phi) is 5.66. The summed E-state index contributed by atoms with van der Waals surface area (Å²) in [5.41, 5.74) is 1.23. The Morgan fingerprint density at radius 3 is 2.22 bits per heavy atom. The van der Waals surface area contributed by atoms with Crippen LogP contribution in [0.25, 0.3) is 16.8 Å². The first-order chi connectivity index (χ1) is 11.0. The number of hydrogen-bond donors (Lipinski definition) is 0. The monoisotopic (exact) mass is 378 g/mol. The molecular weight excluding hydrogens is 360 g/mol. The summed E-state index contributed by atoms with van der Waals surface area (Å²) in [6.07, 6.45) is 1.75. The summed E-state index contributed by atoms with van der Waals surface area (Å²) >= 11 is 3.57. The highest BCUT2D eigenvalue weighted by Gasteiger charge is 2.19. The molecule has 0 aromatic heterocycles. The molecule has 0 amide bonds. The van der Waals surface area contributed by atoms with Gasteiger partial charge in [0, 0.05) is 21.9 Å². The van der Waals surface area contributed by atoms with Crippen LogP contribution in [0.1, 0.15) is 19.4 Å². The number of hydrogen-bond acceptors (Lipinski definition) is 4. The molecule has 2 aromatic rings. The third kappa shape index (κ3) is 3.34. The van der Waals surface area contributed by atoms with Crippen molar-refractivity contribution in [2.45, 2.75) is 13.8 Å². The quantitative estimate of drug-likeness (QED) is 0.563. The van der Waals surface area contributed by atoms with E-state index in [1.54, 1.807) is 34.1 Å². The second-order valence-electron chi connectivity index (χ2n) is 4.89. The molecule has 0 spiro atoms. The topological polar surface area (TPSA) is 44.8 Å². The molecule has 2 aromatic carbocycles. The molecule has 0 aliphatic heterocycles. The zero-order chi connectivity index (χ0) is 17.0. The van der Waals surface area contributed by atoms with Gasteiger partial charge in [-0.1, -0.05) is 24.3 Å². The Morgan fingerprint density at radius 1 is 1.13 bits per heavy atom. The molecular formula is C18H19BrO4. The Bertz CT molecular complexity index is 765. The van der Waals surface area contributed by atoms with E-state index in [2.05, 4.69) is 15.9 Å². The van der Waals surface area contributed by atoms with Crippen LogP contribution in [0.15, 0.2) is 34.3 Å². The van der Waals surface area contributed by atoms with Crippen molar-refractivity contribution < 1.29 is 19.0 Å². The summed E-state index contributed by atoms with van der Waals surface area (Å²) in [4.78, 5) is 11.9. The largest absolute Gasteiger partial charge is 0.495 e. The maximum atomic E-state index is 11.9. The summed E-state index contributed by atoms with van der Waals surface area (Å²) in [6, 6.07) is 7.80. The highest BCUT2D eigenvalue weighted by molar-refractivity contribution is 9.10. The van der Waals surface area contributed by atoms with Gasteiger partial charge in [-0.15, -0.1) is 0 Å². The molecule has 2 rings (SSSR count). The van der Waals surface area contributed by atoms with E-state index in [1.165, 1.54) is 0 Å². The summed E-state index contributed by atoms with van der Waals surface area (Å²) in [5, 5.41) is 1.85. The molecule has 0 fully saturated rings. The predicted octanol–water partition coefficient (Wildman–Crippen LogP) is 4.59. The van der Waals surface area contributed by atoms with Crippen LogP contribution in [-0.4, -0.2) is 26.8 Å². The van der Waals surface area contributed by atoms with E-state index in [0.29, 0.717) is 23.7 Å². The van der Waals surface area contributed by atoms with E-state index in [4.69, 9.17) is 14.2 Å². The zero-order valence-corrected chi connectivity index (χ0v) is 15.2. The maximum Gasteiger partial charge on any atom is 0.333 e. The van der Waals surface area contributed by atoms with Crippen LogP contribution in [-0.2, 0) is 9.53 Å². The van der Waals surface area contributed by atoms with Crippen LogP contribution in [0, 0.1) is 0 Å². The first-order valence-corrected chi connectivity index (χ1v) is 8.02. The predicted molar refractivity (Wildman–Crippen MR) is 95.0 cm³/mol. The number of fused-ring (bicyclic) bond motifs is 1. The molecule has 4 nitrogen and oxygen atoms in total. The van der Waals surface area contributed by atoms with Gasteiger partial charge >= 0.3 is 5.97 Å². The number of halogens is 1. The van der Waals surface area contributed by atoms with Crippen molar-refractivity contribution in [3.8, 4) is 11.5 Å². The fourth-order valence-electron chi connectivity index (χ4n) is 2.43. The lowest BCUT2D eigenvalue weighted by molar-refractivity contribution is -0.138. The first kappa shape index (κ1) is 17.3. The summed E-state index contributed by atoms with van der Waals surface area (Å²) in [7, 11) is 3.22. The SMILES string of the molecule is CCOC(=O)C(C)=Cc1c(Br)c(OC)c2ccccc2c1OC. The minimum Gasteiger partial charge on any atom is -0.495 e. The molecule has 0 saturated heterocycles. The van der Waals surface area contributed by atoms with Gasteiger partial charge in [-0.3, -0.25) is 0 Å².